The number of rotatable bonds is 3. The number of hydrogen-bond acceptors (Lipinski definition) is 1. The van der Waals surface area contributed by atoms with Crippen LogP contribution in [0.25, 0.3) is 0 Å². The number of aliphatic carboxylic acids is 1. The van der Waals surface area contributed by atoms with Gasteiger partial charge in [0.25, 0.3) is 0 Å². The highest BCUT2D eigenvalue weighted by molar-refractivity contribution is 6.34. The lowest BCUT2D eigenvalue weighted by molar-refractivity contribution is -0.142. The molecule has 0 saturated heterocycles. The van der Waals surface area contributed by atoms with Crippen molar-refractivity contribution in [3.8, 4) is 0 Å². The number of alkyl halides is 2. The second kappa shape index (κ2) is 5.50. The average Bonchev–Trinajstić information content (AvgIpc) is 2.39. The van der Waals surface area contributed by atoms with E-state index in [-0.39, 0.29) is 11.3 Å². The molecule has 1 N–H and O–H groups in total. The van der Waals surface area contributed by atoms with Crippen molar-refractivity contribution in [1.29, 1.82) is 0 Å². The van der Waals surface area contributed by atoms with Crippen molar-refractivity contribution in [2.24, 2.45) is 5.92 Å². The highest BCUT2D eigenvalue weighted by Gasteiger charge is 2.49. The molecule has 18 heavy (non-hydrogen) atoms. The summed E-state index contributed by atoms with van der Waals surface area (Å²) in [6.45, 7) is 0. The van der Waals surface area contributed by atoms with Crippen LogP contribution in [0.15, 0.2) is 30.3 Å². The van der Waals surface area contributed by atoms with Gasteiger partial charge in [-0.2, -0.15) is 0 Å². The van der Waals surface area contributed by atoms with E-state index in [1.54, 1.807) is 12.1 Å². The minimum atomic E-state index is -1.41. The maximum atomic E-state index is 11.7. The standard InChI is InChI=1S/C14H16Cl2O2/c15-12-9-5-4-8-11(12)14(16,13(17)18)10-6-2-1-3-7-10/h1-3,6-7,11-12H,4-5,8-9H2,(H,17,18). The van der Waals surface area contributed by atoms with E-state index in [0.29, 0.717) is 5.56 Å². The zero-order chi connectivity index (χ0) is 13.2. The number of hydrogen-bond donors (Lipinski definition) is 1. The Kier molecular flexibility index (Phi) is 4.18. The Bertz CT molecular complexity index is 421. The number of benzene rings is 1. The number of carbonyl (C=O) groups is 1. The predicted molar refractivity (Wildman–Crippen MR) is 73.2 cm³/mol. The van der Waals surface area contributed by atoms with E-state index in [0.717, 1.165) is 25.7 Å². The van der Waals surface area contributed by atoms with Crippen LogP contribution in [0.1, 0.15) is 31.2 Å². The molecule has 1 aromatic carbocycles. The lowest BCUT2D eigenvalue weighted by Crippen LogP contribution is -2.43. The summed E-state index contributed by atoms with van der Waals surface area (Å²) in [5.41, 5.74) is 0.622. The van der Waals surface area contributed by atoms with Crippen LogP contribution in [0.2, 0.25) is 0 Å². The molecule has 98 valence electrons. The van der Waals surface area contributed by atoms with Crippen LogP contribution >= 0.6 is 23.2 Å². The summed E-state index contributed by atoms with van der Waals surface area (Å²) in [6, 6.07) is 8.99. The van der Waals surface area contributed by atoms with Crippen LogP contribution in [0.4, 0.5) is 0 Å². The summed E-state index contributed by atoms with van der Waals surface area (Å²) < 4.78 is 0. The Morgan fingerprint density at radius 2 is 1.83 bits per heavy atom. The molecule has 0 amide bonds. The lowest BCUT2D eigenvalue weighted by atomic mass is 9.75. The van der Waals surface area contributed by atoms with Crippen molar-refractivity contribution in [3.63, 3.8) is 0 Å². The zero-order valence-corrected chi connectivity index (χ0v) is 11.5. The summed E-state index contributed by atoms with van der Waals surface area (Å²) >= 11 is 12.8. The van der Waals surface area contributed by atoms with Gasteiger partial charge in [-0.3, -0.25) is 0 Å². The average molecular weight is 287 g/mol. The molecule has 0 aromatic heterocycles. The number of carboxylic acid groups (broad SMARTS) is 1. The van der Waals surface area contributed by atoms with E-state index in [1.165, 1.54) is 0 Å². The molecule has 0 heterocycles. The van der Waals surface area contributed by atoms with Crippen LogP contribution in [0.5, 0.6) is 0 Å². The van der Waals surface area contributed by atoms with Gasteiger partial charge < -0.3 is 5.11 Å². The first kappa shape index (κ1) is 13.7. The monoisotopic (exact) mass is 286 g/mol. The van der Waals surface area contributed by atoms with Gasteiger partial charge in [0.15, 0.2) is 4.87 Å². The van der Waals surface area contributed by atoms with Crippen molar-refractivity contribution in [2.45, 2.75) is 35.9 Å². The number of carboxylic acids is 1. The van der Waals surface area contributed by atoms with Crippen LogP contribution in [-0.4, -0.2) is 16.5 Å². The largest absolute Gasteiger partial charge is 0.480 e. The molecule has 0 spiro atoms. The van der Waals surface area contributed by atoms with Crippen molar-refractivity contribution >= 4 is 29.2 Å². The summed E-state index contributed by atoms with van der Waals surface area (Å²) in [7, 11) is 0. The Balaban J connectivity index is 2.41. The Labute approximate surface area is 117 Å². The minimum absolute atomic E-state index is 0.174. The van der Waals surface area contributed by atoms with Gasteiger partial charge in [-0.05, 0) is 18.4 Å². The molecule has 1 aliphatic carbocycles. The highest BCUT2D eigenvalue weighted by atomic mass is 35.5. The quantitative estimate of drug-likeness (QED) is 0.853. The van der Waals surface area contributed by atoms with Crippen molar-refractivity contribution in [3.05, 3.63) is 35.9 Å². The first-order chi connectivity index (χ1) is 8.56. The first-order valence-corrected chi connectivity index (χ1v) is 7.00. The normalized spacial score (nSPS) is 27.4. The van der Waals surface area contributed by atoms with Crippen LogP contribution in [0, 0.1) is 5.92 Å². The molecule has 0 bridgehead atoms. The number of halogens is 2. The second-order valence-corrected chi connectivity index (χ2v) is 5.95. The summed E-state index contributed by atoms with van der Waals surface area (Å²) in [6.07, 6.45) is 3.63. The molecule has 4 heteroatoms. The van der Waals surface area contributed by atoms with E-state index in [1.807, 2.05) is 18.2 Å². The van der Waals surface area contributed by atoms with Gasteiger partial charge in [-0.1, -0.05) is 43.2 Å². The molecule has 0 aliphatic heterocycles. The van der Waals surface area contributed by atoms with E-state index >= 15 is 0 Å². The van der Waals surface area contributed by atoms with Crippen LogP contribution in [-0.2, 0) is 9.67 Å². The first-order valence-electron chi connectivity index (χ1n) is 6.18. The maximum Gasteiger partial charge on any atom is 0.329 e. The van der Waals surface area contributed by atoms with E-state index in [9.17, 15) is 9.90 Å². The molecule has 3 atom stereocenters. The molecule has 1 aromatic rings. The van der Waals surface area contributed by atoms with Crippen molar-refractivity contribution in [2.75, 3.05) is 0 Å². The molecule has 0 radical (unpaired) electrons. The van der Waals surface area contributed by atoms with Gasteiger partial charge in [-0.25, -0.2) is 4.79 Å². The third-order valence-electron chi connectivity index (χ3n) is 3.70. The van der Waals surface area contributed by atoms with Crippen molar-refractivity contribution < 1.29 is 9.90 Å². The van der Waals surface area contributed by atoms with Gasteiger partial charge in [0, 0.05) is 11.3 Å². The minimum Gasteiger partial charge on any atom is -0.480 e. The van der Waals surface area contributed by atoms with Gasteiger partial charge in [0.1, 0.15) is 0 Å². The Morgan fingerprint density at radius 1 is 1.22 bits per heavy atom. The Morgan fingerprint density at radius 3 is 2.39 bits per heavy atom. The van der Waals surface area contributed by atoms with Gasteiger partial charge >= 0.3 is 5.97 Å². The molecule has 2 nitrogen and oxygen atoms in total. The fraction of sp³-hybridized carbons (Fsp3) is 0.500. The molecular formula is C14H16Cl2O2. The SMILES string of the molecule is O=C(O)C(Cl)(c1ccccc1)C1CCCCC1Cl. The summed E-state index contributed by atoms with van der Waals surface area (Å²) in [5.74, 6) is -1.23. The molecule has 3 unspecified atom stereocenters. The van der Waals surface area contributed by atoms with E-state index in [2.05, 4.69) is 0 Å². The summed E-state index contributed by atoms with van der Waals surface area (Å²) in [5, 5.41) is 9.39. The predicted octanol–water partition coefficient (Wildman–Crippen LogP) is 4.00. The Hall–Kier alpha value is -0.730. The third-order valence-corrected chi connectivity index (χ3v) is 4.88. The van der Waals surface area contributed by atoms with Gasteiger partial charge in [0.2, 0.25) is 0 Å². The van der Waals surface area contributed by atoms with E-state index in [4.69, 9.17) is 23.2 Å². The van der Waals surface area contributed by atoms with E-state index < -0.39 is 10.8 Å². The van der Waals surface area contributed by atoms with Gasteiger partial charge in [0.05, 0.1) is 0 Å². The molecule has 1 aliphatic rings. The van der Waals surface area contributed by atoms with Gasteiger partial charge in [-0.15, -0.1) is 23.2 Å². The van der Waals surface area contributed by atoms with Crippen LogP contribution < -0.4 is 0 Å². The molecule has 1 saturated carbocycles. The smallest absolute Gasteiger partial charge is 0.329 e. The molecule has 2 rings (SSSR count). The topological polar surface area (TPSA) is 37.3 Å². The highest BCUT2D eigenvalue weighted by Crippen LogP contribution is 2.46. The lowest BCUT2D eigenvalue weighted by Gasteiger charge is -2.37. The zero-order valence-electron chi connectivity index (χ0n) is 9.98. The maximum absolute atomic E-state index is 11.7. The van der Waals surface area contributed by atoms with Crippen molar-refractivity contribution in [1.82, 2.24) is 0 Å². The molecule has 1 fully saturated rings. The fourth-order valence-corrected chi connectivity index (χ4v) is 3.63. The summed E-state index contributed by atoms with van der Waals surface area (Å²) in [4.78, 5) is 10.3. The third kappa shape index (κ3) is 2.36. The van der Waals surface area contributed by atoms with Crippen LogP contribution in [0.3, 0.4) is 0 Å². The fourth-order valence-electron chi connectivity index (χ4n) is 2.71. The molecular weight excluding hydrogens is 271 g/mol. The second-order valence-electron chi connectivity index (χ2n) is 4.79.